The summed E-state index contributed by atoms with van der Waals surface area (Å²) in [5.74, 6) is 0. The summed E-state index contributed by atoms with van der Waals surface area (Å²) in [5, 5.41) is 17.6. The van der Waals surface area contributed by atoms with E-state index in [0.717, 1.165) is 6.54 Å². The minimum absolute atomic E-state index is 0.0243. The Bertz CT molecular complexity index is 101. The molecule has 2 N–H and O–H groups in total. The number of rotatable bonds is 3. The third-order valence-electron chi connectivity index (χ3n) is 2.26. The molecule has 60 valence electrons. The van der Waals surface area contributed by atoms with Gasteiger partial charge in [0, 0.05) is 12.6 Å². The number of aliphatic hydroxyl groups is 2. The molecule has 1 fully saturated rings. The van der Waals surface area contributed by atoms with Crippen LogP contribution in [0.5, 0.6) is 0 Å². The van der Waals surface area contributed by atoms with Crippen molar-refractivity contribution < 1.29 is 10.2 Å². The number of nitrogens with zero attached hydrogens (tertiary/aromatic N) is 1. The SMILES string of the molecule is CC1CCN1C(CO)CO. The second-order valence-electron chi connectivity index (χ2n) is 2.89. The highest BCUT2D eigenvalue weighted by atomic mass is 16.3. The van der Waals surface area contributed by atoms with Crippen molar-refractivity contribution in [2.24, 2.45) is 0 Å². The van der Waals surface area contributed by atoms with E-state index in [9.17, 15) is 0 Å². The van der Waals surface area contributed by atoms with Crippen LogP contribution < -0.4 is 0 Å². The van der Waals surface area contributed by atoms with Crippen LogP contribution in [0, 0.1) is 0 Å². The molecule has 1 rings (SSSR count). The maximum atomic E-state index is 8.78. The lowest BCUT2D eigenvalue weighted by molar-refractivity contribution is -0.00423. The molecular weight excluding hydrogens is 130 g/mol. The molecule has 1 aliphatic rings. The lowest BCUT2D eigenvalue weighted by Crippen LogP contribution is -2.54. The van der Waals surface area contributed by atoms with Crippen LogP contribution in [0.25, 0.3) is 0 Å². The van der Waals surface area contributed by atoms with Gasteiger partial charge < -0.3 is 10.2 Å². The quantitative estimate of drug-likeness (QED) is 0.559. The highest BCUT2D eigenvalue weighted by Crippen LogP contribution is 2.18. The van der Waals surface area contributed by atoms with Gasteiger partial charge in [-0.3, -0.25) is 4.90 Å². The van der Waals surface area contributed by atoms with Gasteiger partial charge in [0.1, 0.15) is 0 Å². The average molecular weight is 145 g/mol. The van der Waals surface area contributed by atoms with E-state index in [4.69, 9.17) is 10.2 Å². The maximum absolute atomic E-state index is 8.78. The monoisotopic (exact) mass is 145 g/mol. The molecule has 1 saturated heterocycles. The smallest absolute Gasteiger partial charge is 0.0609 e. The summed E-state index contributed by atoms with van der Waals surface area (Å²) in [7, 11) is 0. The second kappa shape index (κ2) is 3.32. The molecule has 0 aliphatic carbocycles. The molecule has 0 aromatic rings. The molecule has 0 aromatic heterocycles. The van der Waals surface area contributed by atoms with Crippen molar-refractivity contribution in [2.45, 2.75) is 25.4 Å². The molecule has 0 amide bonds. The van der Waals surface area contributed by atoms with Crippen molar-refractivity contribution in [3.05, 3.63) is 0 Å². The topological polar surface area (TPSA) is 43.7 Å². The molecule has 0 aromatic carbocycles. The third-order valence-corrected chi connectivity index (χ3v) is 2.26. The van der Waals surface area contributed by atoms with E-state index in [-0.39, 0.29) is 19.3 Å². The van der Waals surface area contributed by atoms with Crippen molar-refractivity contribution in [3.8, 4) is 0 Å². The lowest BCUT2D eigenvalue weighted by atomic mass is 10.0. The van der Waals surface area contributed by atoms with Crippen LogP contribution in [-0.2, 0) is 0 Å². The normalized spacial score (nSPS) is 27.0. The number of aliphatic hydroxyl groups excluding tert-OH is 2. The molecular formula is C7H15NO2. The van der Waals surface area contributed by atoms with Crippen LogP contribution in [0.15, 0.2) is 0 Å². The molecule has 3 nitrogen and oxygen atoms in total. The Balaban J connectivity index is 2.31. The molecule has 1 aliphatic heterocycles. The van der Waals surface area contributed by atoms with Gasteiger partial charge in [-0.2, -0.15) is 0 Å². The Morgan fingerprint density at radius 2 is 2.10 bits per heavy atom. The Morgan fingerprint density at radius 1 is 1.50 bits per heavy atom. The molecule has 0 saturated carbocycles. The summed E-state index contributed by atoms with van der Waals surface area (Å²) >= 11 is 0. The first-order valence-corrected chi connectivity index (χ1v) is 3.77. The van der Waals surface area contributed by atoms with Crippen LogP contribution in [0.2, 0.25) is 0 Å². The highest BCUT2D eigenvalue weighted by Gasteiger charge is 2.29. The highest BCUT2D eigenvalue weighted by molar-refractivity contribution is 4.84. The molecule has 0 radical (unpaired) electrons. The van der Waals surface area contributed by atoms with Crippen LogP contribution in [0.4, 0.5) is 0 Å². The van der Waals surface area contributed by atoms with E-state index in [1.165, 1.54) is 6.42 Å². The molecule has 10 heavy (non-hydrogen) atoms. The van der Waals surface area contributed by atoms with Gasteiger partial charge in [-0.25, -0.2) is 0 Å². The minimum Gasteiger partial charge on any atom is -0.395 e. The largest absolute Gasteiger partial charge is 0.395 e. The lowest BCUT2D eigenvalue weighted by Gasteiger charge is -2.43. The van der Waals surface area contributed by atoms with Gasteiger partial charge in [0.15, 0.2) is 0 Å². The fourth-order valence-corrected chi connectivity index (χ4v) is 1.35. The summed E-state index contributed by atoms with van der Waals surface area (Å²) in [6, 6.07) is 0.521. The van der Waals surface area contributed by atoms with E-state index in [2.05, 4.69) is 11.8 Å². The standard InChI is InChI=1S/C7H15NO2/c1-6-2-3-8(6)7(4-9)5-10/h6-7,9-10H,2-5H2,1H3. The fourth-order valence-electron chi connectivity index (χ4n) is 1.35. The Morgan fingerprint density at radius 3 is 2.20 bits per heavy atom. The average Bonchev–Trinajstić information content (AvgIpc) is 1.96. The van der Waals surface area contributed by atoms with Gasteiger partial charge in [-0.15, -0.1) is 0 Å². The van der Waals surface area contributed by atoms with Gasteiger partial charge in [0.2, 0.25) is 0 Å². The summed E-state index contributed by atoms with van der Waals surface area (Å²) in [6.45, 7) is 3.27. The molecule has 0 bridgehead atoms. The second-order valence-corrected chi connectivity index (χ2v) is 2.89. The Labute approximate surface area is 61.3 Å². The van der Waals surface area contributed by atoms with E-state index in [1.54, 1.807) is 0 Å². The summed E-state index contributed by atoms with van der Waals surface area (Å²) in [6.07, 6.45) is 1.19. The third kappa shape index (κ3) is 1.31. The number of hydrogen-bond acceptors (Lipinski definition) is 3. The number of hydrogen-bond donors (Lipinski definition) is 2. The zero-order chi connectivity index (χ0) is 7.56. The first kappa shape index (κ1) is 7.98. The van der Waals surface area contributed by atoms with Crippen LogP contribution >= 0.6 is 0 Å². The Kier molecular flexibility index (Phi) is 2.65. The van der Waals surface area contributed by atoms with Crippen molar-refractivity contribution in [3.63, 3.8) is 0 Å². The molecule has 1 heterocycles. The van der Waals surface area contributed by atoms with Crippen LogP contribution in [-0.4, -0.2) is 47.0 Å². The van der Waals surface area contributed by atoms with E-state index in [1.807, 2.05) is 0 Å². The van der Waals surface area contributed by atoms with Gasteiger partial charge >= 0.3 is 0 Å². The predicted octanol–water partition coefficient (Wildman–Crippen LogP) is -0.566. The number of likely N-dealkylation sites (tertiary alicyclic amines) is 1. The van der Waals surface area contributed by atoms with Crippen LogP contribution in [0.3, 0.4) is 0 Å². The molecule has 0 spiro atoms. The fraction of sp³-hybridized carbons (Fsp3) is 1.00. The van der Waals surface area contributed by atoms with Crippen LogP contribution in [0.1, 0.15) is 13.3 Å². The van der Waals surface area contributed by atoms with Crippen molar-refractivity contribution in [1.29, 1.82) is 0 Å². The molecule has 1 atom stereocenters. The van der Waals surface area contributed by atoms with Crippen molar-refractivity contribution >= 4 is 0 Å². The zero-order valence-corrected chi connectivity index (χ0v) is 6.32. The van der Waals surface area contributed by atoms with E-state index < -0.39 is 0 Å². The van der Waals surface area contributed by atoms with Crippen molar-refractivity contribution in [2.75, 3.05) is 19.8 Å². The van der Waals surface area contributed by atoms with Gasteiger partial charge in [0.05, 0.1) is 19.3 Å². The predicted molar refractivity (Wildman–Crippen MR) is 38.7 cm³/mol. The molecule has 3 heteroatoms. The maximum Gasteiger partial charge on any atom is 0.0609 e. The van der Waals surface area contributed by atoms with Gasteiger partial charge in [0.25, 0.3) is 0 Å². The van der Waals surface area contributed by atoms with Gasteiger partial charge in [-0.1, -0.05) is 0 Å². The first-order valence-electron chi connectivity index (χ1n) is 3.77. The van der Waals surface area contributed by atoms with E-state index in [0.29, 0.717) is 6.04 Å². The first-order chi connectivity index (χ1) is 4.79. The summed E-state index contributed by atoms with van der Waals surface area (Å²) < 4.78 is 0. The zero-order valence-electron chi connectivity index (χ0n) is 6.32. The Hall–Kier alpha value is -0.120. The van der Waals surface area contributed by atoms with Crippen molar-refractivity contribution in [1.82, 2.24) is 4.90 Å². The van der Waals surface area contributed by atoms with Gasteiger partial charge in [-0.05, 0) is 13.3 Å². The summed E-state index contributed by atoms with van der Waals surface area (Å²) in [4.78, 5) is 2.12. The molecule has 1 unspecified atom stereocenters. The minimum atomic E-state index is -0.0243. The summed E-state index contributed by atoms with van der Waals surface area (Å²) in [5.41, 5.74) is 0. The van der Waals surface area contributed by atoms with E-state index >= 15 is 0 Å².